The molecule has 34 heavy (non-hydrogen) atoms. The van der Waals surface area contributed by atoms with E-state index < -0.39 is 17.7 Å². The van der Waals surface area contributed by atoms with Crippen molar-refractivity contribution in [3.63, 3.8) is 0 Å². The van der Waals surface area contributed by atoms with Crippen molar-refractivity contribution in [2.24, 2.45) is 0 Å². The highest BCUT2D eigenvalue weighted by Crippen LogP contribution is 2.40. The zero-order chi connectivity index (χ0) is 24.4. The fourth-order valence-corrected chi connectivity index (χ4v) is 4.58. The molecule has 0 aromatic heterocycles. The lowest BCUT2D eigenvalue weighted by Gasteiger charge is -2.26. The van der Waals surface area contributed by atoms with E-state index in [4.69, 9.17) is 4.74 Å². The van der Waals surface area contributed by atoms with Gasteiger partial charge in [0.15, 0.2) is 0 Å². The maximum absolute atomic E-state index is 13.2. The molecule has 1 saturated heterocycles. The highest BCUT2D eigenvalue weighted by atomic mass is 79.9. The van der Waals surface area contributed by atoms with Crippen molar-refractivity contribution in [3.05, 3.63) is 81.8 Å². The molecule has 0 spiro atoms. The third-order valence-electron chi connectivity index (χ3n) is 6.05. The zero-order valence-electron chi connectivity index (χ0n) is 19.4. The molecule has 1 N–H and O–H groups in total. The third-order valence-corrected chi connectivity index (χ3v) is 6.58. The van der Waals surface area contributed by atoms with Crippen molar-refractivity contribution in [1.82, 2.24) is 9.80 Å². The number of halogens is 1. The van der Waals surface area contributed by atoms with E-state index in [-0.39, 0.29) is 11.3 Å². The molecule has 0 bridgehead atoms. The van der Waals surface area contributed by atoms with Crippen molar-refractivity contribution in [1.29, 1.82) is 0 Å². The highest BCUT2D eigenvalue weighted by Gasteiger charge is 2.45. The molecule has 0 saturated carbocycles. The molecule has 0 radical (unpaired) electrons. The molecule has 0 aliphatic carbocycles. The molecule has 3 aromatic carbocycles. The molecule has 4 rings (SSSR count). The number of carbonyl (C=O) groups excluding carboxylic acids is 2. The molecular formula is C27H27BrN2O4. The smallest absolute Gasteiger partial charge is 0.295 e. The number of methoxy groups -OCH3 is 1. The Kier molecular flexibility index (Phi) is 7.05. The van der Waals surface area contributed by atoms with Gasteiger partial charge in [0.2, 0.25) is 0 Å². The lowest BCUT2D eigenvalue weighted by atomic mass is 9.94. The average molecular weight is 523 g/mol. The predicted octanol–water partition coefficient (Wildman–Crippen LogP) is 4.98. The number of aliphatic hydroxyl groups is 1. The summed E-state index contributed by atoms with van der Waals surface area (Å²) < 4.78 is 6.18. The number of fused-ring (bicyclic) bond motifs is 1. The van der Waals surface area contributed by atoms with Gasteiger partial charge in [-0.25, -0.2) is 0 Å². The number of likely N-dealkylation sites (tertiary alicyclic amines) is 1. The van der Waals surface area contributed by atoms with Crippen LogP contribution in [0.2, 0.25) is 0 Å². The van der Waals surface area contributed by atoms with E-state index >= 15 is 0 Å². The first kappa shape index (κ1) is 24.0. The number of hydrogen-bond donors (Lipinski definition) is 1. The van der Waals surface area contributed by atoms with Crippen LogP contribution < -0.4 is 4.74 Å². The van der Waals surface area contributed by atoms with Crippen LogP contribution in [-0.4, -0.2) is 60.9 Å². The maximum Gasteiger partial charge on any atom is 0.295 e. The average Bonchev–Trinajstić information content (AvgIpc) is 3.08. The van der Waals surface area contributed by atoms with Gasteiger partial charge >= 0.3 is 0 Å². The summed E-state index contributed by atoms with van der Waals surface area (Å²) in [5.41, 5.74) is 1.38. The van der Waals surface area contributed by atoms with Crippen molar-refractivity contribution in [2.75, 3.05) is 34.3 Å². The van der Waals surface area contributed by atoms with Gasteiger partial charge in [0.25, 0.3) is 11.7 Å². The molecule has 1 unspecified atom stereocenters. The molecule has 1 fully saturated rings. The van der Waals surface area contributed by atoms with Crippen LogP contribution in [0.5, 0.6) is 5.75 Å². The second kappa shape index (κ2) is 9.99. The monoisotopic (exact) mass is 522 g/mol. The van der Waals surface area contributed by atoms with E-state index in [1.54, 1.807) is 18.1 Å². The summed E-state index contributed by atoms with van der Waals surface area (Å²) in [7, 11) is 5.55. The van der Waals surface area contributed by atoms with E-state index in [1.165, 1.54) is 0 Å². The predicted molar refractivity (Wildman–Crippen MR) is 137 cm³/mol. The van der Waals surface area contributed by atoms with E-state index in [0.717, 1.165) is 33.1 Å². The minimum Gasteiger partial charge on any atom is -0.507 e. The normalized spacial score (nSPS) is 17.7. The molecule has 1 aliphatic heterocycles. The number of benzene rings is 3. The van der Waals surface area contributed by atoms with Gasteiger partial charge in [-0.05, 0) is 73.7 Å². The number of rotatable bonds is 7. The van der Waals surface area contributed by atoms with E-state index in [0.29, 0.717) is 18.5 Å². The maximum atomic E-state index is 13.2. The SMILES string of the molecule is COc1ccc2cc(/C(O)=C3\C(=O)C(=O)N(CCCN(C)C)C3c3ccc(Br)cc3)ccc2c1. The van der Waals surface area contributed by atoms with Gasteiger partial charge in [-0.15, -0.1) is 0 Å². The number of aliphatic hydroxyl groups excluding tert-OH is 1. The lowest BCUT2D eigenvalue weighted by Crippen LogP contribution is -2.32. The van der Waals surface area contributed by atoms with Crippen LogP contribution >= 0.6 is 15.9 Å². The first-order valence-electron chi connectivity index (χ1n) is 11.1. The van der Waals surface area contributed by atoms with Gasteiger partial charge in [0.05, 0.1) is 18.7 Å². The van der Waals surface area contributed by atoms with Crippen molar-refractivity contribution >= 4 is 44.2 Å². The summed E-state index contributed by atoms with van der Waals surface area (Å²) in [4.78, 5) is 29.8. The third kappa shape index (κ3) is 4.72. The Morgan fingerprint density at radius 1 is 1.03 bits per heavy atom. The Balaban J connectivity index is 1.80. The first-order chi connectivity index (χ1) is 16.3. The van der Waals surface area contributed by atoms with Crippen LogP contribution in [0.4, 0.5) is 0 Å². The fourth-order valence-electron chi connectivity index (χ4n) is 4.31. The van der Waals surface area contributed by atoms with Crippen LogP contribution in [0.25, 0.3) is 16.5 Å². The second-order valence-electron chi connectivity index (χ2n) is 8.63. The van der Waals surface area contributed by atoms with Gasteiger partial charge in [0, 0.05) is 16.6 Å². The molecule has 1 atom stereocenters. The summed E-state index contributed by atoms with van der Waals surface area (Å²) in [6.07, 6.45) is 0.713. The lowest BCUT2D eigenvalue weighted by molar-refractivity contribution is -0.139. The summed E-state index contributed by atoms with van der Waals surface area (Å²) in [6, 6.07) is 17.9. The van der Waals surface area contributed by atoms with Crippen molar-refractivity contribution in [3.8, 4) is 5.75 Å². The quantitative estimate of drug-likeness (QED) is 0.269. The molecule has 176 valence electrons. The molecular weight excluding hydrogens is 496 g/mol. The number of ketones is 1. The van der Waals surface area contributed by atoms with E-state index in [2.05, 4.69) is 15.9 Å². The molecule has 7 heteroatoms. The minimum absolute atomic E-state index is 0.116. The van der Waals surface area contributed by atoms with Crippen molar-refractivity contribution in [2.45, 2.75) is 12.5 Å². The Morgan fingerprint density at radius 3 is 2.38 bits per heavy atom. The number of amides is 1. The molecule has 6 nitrogen and oxygen atoms in total. The standard InChI is InChI=1S/C27H27BrN2O4/c1-29(2)13-4-14-30-24(17-7-10-21(28)11-8-17)23(26(32)27(30)33)25(31)20-6-5-19-16-22(34-3)12-9-18(19)15-20/h5-12,15-16,24,31H,4,13-14H2,1-3H3/b25-23+. The fraction of sp³-hybridized carbons (Fsp3) is 0.259. The van der Waals surface area contributed by atoms with Crippen LogP contribution in [0, 0.1) is 0 Å². The van der Waals surface area contributed by atoms with E-state index in [9.17, 15) is 14.7 Å². The number of hydrogen-bond acceptors (Lipinski definition) is 5. The summed E-state index contributed by atoms with van der Waals surface area (Å²) in [6.45, 7) is 1.20. The Labute approximate surface area is 207 Å². The van der Waals surface area contributed by atoms with E-state index in [1.807, 2.05) is 73.6 Å². The first-order valence-corrected chi connectivity index (χ1v) is 11.9. The molecule has 1 amide bonds. The number of nitrogens with zero attached hydrogens (tertiary/aromatic N) is 2. The van der Waals surface area contributed by atoms with Crippen LogP contribution in [-0.2, 0) is 9.59 Å². The Morgan fingerprint density at radius 2 is 1.71 bits per heavy atom. The minimum atomic E-state index is -0.662. The van der Waals surface area contributed by atoms with Gasteiger partial charge in [-0.1, -0.05) is 46.3 Å². The van der Waals surface area contributed by atoms with Gasteiger partial charge in [0.1, 0.15) is 11.5 Å². The number of carbonyl (C=O) groups is 2. The molecule has 1 heterocycles. The highest BCUT2D eigenvalue weighted by molar-refractivity contribution is 9.10. The zero-order valence-corrected chi connectivity index (χ0v) is 21.0. The van der Waals surface area contributed by atoms with Crippen LogP contribution in [0.3, 0.4) is 0 Å². The summed E-state index contributed by atoms with van der Waals surface area (Å²) >= 11 is 3.44. The topological polar surface area (TPSA) is 70.1 Å². The van der Waals surface area contributed by atoms with Gasteiger partial charge in [-0.2, -0.15) is 0 Å². The number of ether oxygens (including phenoxy) is 1. The largest absolute Gasteiger partial charge is 0.507 e. The molecule has 3 aromatic rings. The Hall–Kier alpha value is -3.16. The van der Waals surface area contributed by atoms with Gasteiger partial charge < -0.3 is 19.6 Å². The Bertz CT molecular complexity index is 1270. The number of Topliss-reactive ketones (excluding diaryl/α,β-unsaturated/α-hetero) is 1. The summed E-state index contributed by atoms with van der Waals surface area (Å²) in [5, 5.41) is 13.2. The van der Waals surface area contributed by atoms with Gasteiger partial charge in [-0.3, -0.25) is 9.59 Å². The summed E-state index contributed by atoms with van der Waals surface area (Å²) in [5.74, 6) is -0.675. The second-order valence-corrected chi connectivity index (χ2v) is 9.54. The van der Waals surface area contributed by atoms with Crippen molar-refractivity contribution < 1.29 is 19.4 Å². The van der Waals surface area contributed by atoms with Crippen LogP contribution in [0.15, 0.2) is 70.7 Å². The molecule has 1 aliphatic rings. The van der Waals surface area contributed by atoms with Crippen LogP contribution in [0.1, 0.15) is 23.6 Å².